The van der Waals surface area contributed by atoms with Gasteiger partial charge >= 0.3 is 5.97 Å². The van der Waals surface area contributed by atoms with Crippen LogP contribution in [0.1, 0.15) is 40.0 Å². The number of hydrogen-bond donors (Lipinski definition) is 0. The minimum Gasteiger partial charge on any atom is -0.466 e. The Bertz CT molecular complexity index is 381. The molecule has 0 saturated heterocycles. The molecule has 0 aromatic carbocycles. The van der Waals surface area contributed by atoms with Gasteiger partial charge in [-0.25, -0.2) is 4.79 Å². The van der Waals surface area contributed by atoms with E-state index in [-0.39, 0.29) is 17.1 Å². The summed E-state index contributed by atoms with van der Waals surface area (Å²) < 4.78 is 32.8. The molecule has 0 saturated carbocycles. The SMILES string of the molecule is CCCOS(=O)(=O)C(C)=C(CCC)C(=O)OC. The zero-order valence-corrected chi connectivity index (χ0v) is 11.6. The van der Waals surface area contributed by atoms with Crippen LogP contribution in [0.4, 0.5) is 0 Å². The first-order valence-corrected chi connectivity index (χ1v) is 6.99. The van der Waals surface area contributed by atoms with Gasteiger partial charge in [0.25, 0.3) is 10.1 Å². The molecular weight excluding hydrogens is 244 g/mol. The van der Waals surface area contributed by atoms with Gasteiger partial charge in [0.05, 0.1) is 24.2 Å². The first-order valence-electron chi connectivity index (χ1n) is 5.58. The molecule has 0 atom stereocenters. The molecule has 17 heavy (non-hydrogen) atoms. The highest BCUT2D eigenvalue weighted by Crippen LogP contribution is 2.19. The van der Waals surface area contributed by atoms with Crippen LogP contribution in [0.25, 0.3) is 0 Å². The normalized spacial score (nSPS) is 13.2. The van der Waals surface area contributed by atoms with Gasteiger partial charge in [-0.2, -0.15) is 8.42 Å². The van der Waals surface area contributed by atoms with Crippen LogP contribution in [0.3, 0.4) is 0 Å². The van der Waals surface area contributed by atoms with E-state index in [9.17, 15) is 13.2 Å². The van der Waals surface area contributed by atoms with Crippen molar-refractivity contribution in [2.24, 2.45) is 0 Å². The summed E-state index contributed by atoms with van der Waals surface area (Å²) in [5.41, 5.74) is 0.158. The highest BCUT2D eigenvalue weighted by Gasteiger charge is 2.23. The number of rotatable bonds is 7. The maximum Gasteiger partial charge on any atom is 0.334 e. The van der Waals surface area contributed by atoms with E-state index in [1.165, 1.54) is 14.0 Å². The molecule has 0 unspecified atom stereocenters. The van der Waals surface area contributed by atoms with Crippen LogP contribution in [-0.4, -0.2) is 28.1 Å². The van der Waals surface area contributed by atoms with Crippen LogP contribution in [0.15, 0.2) is 10.5 Å². The second-order valence-electron chi connectivity index (χ2n) is 3.55. The van der Waals surface area contributed by atoms with E-state index in [0.717, 1.165) is 0 Å². The Labute approximate surface area is 103 Å². The Kier molecular flexibility index (Phi) is 7.06. The monoisotopic (exact) mass is 264 g/mol. The first kappa shape index (κ1) is 16.1. The smallest absolute Gasteiger partial charge is 0.334 e. The summed E-state index contributed by atoms with van der Waals surface area (Å²) in [5, 5.41) is 0. The Morgan fingerprint density at radius 1 is 1.18 bits per heavy atom. The lowest BCUT2D eigenvalue weighted by Gasteiger charge is -2.10. The first-order chi connectivity index (χ1) is 7.90. The van der Waals surface area contributed by atoms with Crippen molar-refractivity contribution in [3.63, 3.8) is 0 Å². The molecule has 0 fully saturated rings. The quantitative estimate of drug-likeness (QED) is 0.399. The van der Waals surface area contributed by atoms with Crippen LogP contribution < -0.4 is 0 Å². The van der Waals surface area contributed by atoms with E-state index in [2.05, 4.69) is 4.74 Å². The molecule has 0 N–H and O–H groups in total. The second kappa shape index (κ2) is 7.45. The van der Waals surface area contributed by atoms with Crippen molar-refractivity contribution in [3.05, 3.63) is 10.5 Å². The lowest BCUT2D eigenvalue weighted by Crippen LogP contribution is -2.15. The molecule has 0 amide bonds. The summed E-state index contributed by atoms with van der Waals surface area (Å²) >= 11 is 0. The number of methoxy groups -OCH3 is 1. The zero-order valence-electron chi connectivity index (χ0n) is 10.8. The number of allylic oxidation sites excluding steroid dienone is 1. The molecular formula is C11H20O5S. The lowest BCUT2D eigenvalue weighted by molar-refractivity contribution is -0.136. The van der Waals surface area contributed by atoms with Crippen molar-refractivity contribution >= 4 is 16.1 Å². The summed E-state index contributed by atoms with van der Waals surface area (Å²) in [6, 6.07) is 0. The predicted octanol–water partition coefficient (Wildman–Crippen LogP) is 1.99. The van der Waals surface area contributed by atoms with Crippen molar-refractivity contribution in [2.75, 3.05) is 13.7 Å². The highest BCUT2D eigenvalue weighted by molar-refractivity contribution is 7.90. The fourth-order valence-electron chi connectivity index (χ4n) is 1.23. The molecule has 0 aliphatic carbocycles. The number of ether oxygens (including phenoxy) is 1. The van der Waals surface area contributed by atoms with E-state index in [1.54, 1.807) is 0 Å². The summed E-state index contributed by atoms with van der Waals surface area (Å²) in [4.78, 5) is 11.4. The van der Waals surface area contributed by atoms with Crippen molar-refractivity contribution in [1.82, 2.24) is 0 Å². The molecule has 0 radical (unpaired) electrons. The topological polar surface area (TPSA) is 69.7 Å². The number of carbonyl (C=O) groups is 1. The van der Waals surface area contributed by atoms with Gasteiger partial charge in [-0.1, -0.05) is 20.3 Å². The fourth-order valence-corrected chi connectivity index (χ4v) is 2.28. The maximum atomic E-state index is 11.7. The van der Waals surface area contributed by atoms with E-state index >= 15 is 0 Å². The molecule has 0 heterocycles. The van der Waals surface area contributed by atoms with Gasteiger partial charge in [0.15, 0.2) is 0 Å². The summed E-state index contributed by atoms with van der Waals surface area (Å²) in [5.74, 6) is -0.618. The van der Waals surface area contributed by atoms with Gasteiger partial charge in [-0.15, -0.1) is 0 Å². The van der Waals surface area contributed by atoms with Gasteiger partial charge < -0.3 is 4.74 Å². The Morgan fingerprint density at radius 3 is 2.18 bits per heavy atom. The van der Waals surface area contributed by atoms with Crippen LogP contribution in [0, 0.1) is 0 Å². The molecule has 100 valence electrons. The van der Waals surface area contributed by atoms with E-state index in [4.69, 9.17) is 4.18 Å². The van der Waals surface area contributed by atoms with Gasteiger partial charge in [0.1, 0.15) is 0 Å². The minimum absolute atomic E-state index is 0.0559. The molecule has 0 spiro atoms. The number of hydrogen-bond acceptors (Lipinski definition) is 5. The fraction of sp³-hybridized carbons (Fsp3) is 0.727. The van der Waals surface area contributed by atoms with E-state index < -0.39 is 16.1 Å². The molecule has 0 rings (SSSR count). The third-order valence-electron chi connectivity index (χ3n) is 2.17. The number of carbonyl (C=O) groups excluding carboxylic acids is 1. The molecule has 0 bridgehead atoms. The van der Waals surface area contributed by atoms with Crippen molar-refractivity contribution in [1.29, 1.82) is 0 Å². The standard InChI is InChI=1S/C11H20O5S/c1-5-7-10(11(12)15-4)9(3)17(13,14)16-8-6-2/h5-8H2,1-4H3. The molecule has 0 aromatic rings. The average Bonchev–Trinajstić information content (AvgIpc) is 2.31. The second-order valence-corrected chi connectivity index (χ2v) is 5.31. The lowest BCUT2D eigenvalue weighted by atomic mass is 10.1. The van der Waals surface area contributed by atoms with Gasteiger partial charge in [-0.05, 0) is 19.8 Å². The largest absolute Gasteiger partial charge is 0.466 e. The van der Waals surface area contributed by atoms with E-state index in [0.29, 0.717) is 19.3 Å². The minimum atomic E-state index is -3.82. The van der Waals surface area contributed by atoms with Gasteiger partial charge in [-0.3, -0.25) is 4.18 Å². The van der Waals surface area contributed by atoms with Crippen LogP contribution in [0.2, 0.25) is 0 Å². The van der Waals surface area contributed by atoms with E-state index in [1.807, 2.05) is 13.8 Å². The molecule has 0 aliphatic rings. The van der Waals surface area contributed by atoms with Crippen LogP contribution >= 0.6 is 0 Å². The molecule has 6 heteroatoms. The third kappa shape index (κ3) is 4.87. The summed E-state index contributed by atoms with van der Waals surface area (Å²) in [6.07, 6.45) is 1.60. The molecule has 0 aliphatic heterocycles. The Hall–Kier alpha value is -0.880. The van der Waals surface area contributed by atoms with Crippen molar-refractivity contribution < 1.29 is 22.1 Å². The maximum absolute atomic E-state index is 11.7. The number of esters is 1. The molecule has 0 aromatic heterocycles. The zero-order chi connectivity index (χ0) is 13.5. The Balaban J connectivity index is 5.25. The third-order valence-corrected chi connectivity index (χ3v) is 3.65. The van der Waals surface area contributed by atoms with Crippen LogP contribution in [-0.2, 0) is 23.8 Å². The Morgan fingerprint density at radius 2 is 1.76 bits per heavy atom. The highest BCUT2D eigenvalue weighted by atomic mass is 32.2. The van der Waals surface area contributed by atoms with Gasteiger partial charge in [0.2, 0.25) is 0 Å². The van der Waals surface area contributed by atoms with Crippen molar-refractivity contribution in [2.45, 2.75) is 40.0 Å². The summed E-state index contributed by atoms with van der Waals surface area (Å²) in [7, 11) is -2.59. The molecule has 5 nitrogen and oxygen atoms in total. The summed E-state index contributed by atoms with van der Waals surface area (Å²) in [6.45, 7) is 5.14. The van der Waals surface area contributed by atoms with Gasteiger partial charge in [0, 0.05) is 0 Å². The average molecular weight is 264 g/mol. The predicted molar refractivity (Wildman–Crippen MR) is 64.8 cm³/mol. The van der Waals surface area contributed by atoms with Crippen LogP contribution in [0.5, 0.6) is 0 Å². The van der Waals surface area contributed by atoms with Crippen molar-refractivity contribution in [3.8, 4) is 0 Å².